The second-order valence-corrected chi connectivity index (χ2v) is 7.00. The van der Waals surface area contributed by atoms with Crippen LogP contribution in [0.5, 0.6) is 0 Å². The van der Waals surface area contributed by atoms with Crippen molar-refractivity contribution in [1.82, 2.24) is 0 Å². The summed E-state index contributed by atoms with van der Waals surface area (Å²) in [5.74, 6) is 0.433. The first-order chi connectivity index (χ1) is 16.4. The van der Waals surface area contributed by atoms with E-state index in [2.05, 4.69) is 9.98 Å². The minimum atomic E-state index is -0.773. The molecule has 3 aromatic rings. The van der Waals surface area contributed by atoms with Crippen LogP contribution >= 0.6 is 0 Å². The van der Waals surface area contributed by atoms with E-state index in [-0.39, 0.29) is 34.3 Å². The average Bonchev–Trinajstić information content (AvgIpc) is 3.29. The van der Waals surface area contributed by atoms with Crippen molar-refractivity contribution in [3.63, 3.8) is 0 Å². The number of rotatable bonds is 8. The quantitative estimate of drug-likeness (QED) is 0.234. The van der Waals surface area contributed by atoms with Crippen molar-refractivity contribution in [1.29, 1.82) is 0 Å². The average molecular weight is 482 g/mol. The highest BCUT2D eigenvalue weighted by molar-refractivity contribution is 6.01. The first kappa shape index (κ1) is 24.3. The Morgan fingerprint density at radius 2 is 0.886 bits per heavy atom. The van der Waals surface area contributed by atoms with Crippen LogP contribution in [0, 0.1) is 40.5 Å². The van der Waals surface area contributed by atoms with Crippen molar-refractivity contribution in [2.45, 2.75) is 13.8 Å². The van der Waals surface area contributed by atoms with Gasteiger partial charge >= 0.3 is 0 Å². The molecule has 1 aromatic heterocycles. The smallest absolute Gasteiger partial charge is 0.278 e. The molecule has 2 aromatic carbocycles. The Morgan fingerprint density at radius 1 is 0.600 bits per heavy atom. The van der Waals surface area contributed by atoms with E-state index < -0.39 is 42.4 Å². The lowest BCUT2D eigenvalue weighted by atomic mass is 10.2. The fourth-order valence-corrected chi connectivity index (χ4v) is 2.93. The van der Waals surface area contributed by atoms with Gasteiger partial charge in [-0.3, -0.25) is 40.5 Å². The second kappa shape index (κ2) is 9.65. The van der Waals surface area contributed by atoms with Crippen molar-refractivity contribution < 1.29 is 24.1 Å². The van der Waals surface area contributed by atoms with Gasteiger partial charge in [0, 0.05) is 24.3 Å². The fraction of sp³-hybridized carbons (Fsp3) is 0.100. The molecule has 0 fully saturated rings. The summed E-state index contributed by atoms with van der Waals surface area (Å²) in [7, 11) is 0. The van der Waals surface area contributed by atoms with Gasteiger partial charge in [0.15, 0.2) is 0 Å². The number of non-ortho nitro benzene ring substituents is 4. The highest BCUT2D eigenvalue weighted by atomic mass is 16.6. The van der Waals surface area contributed by atoms with Crippen LogP contribution in [0.3, 0.4) is 0 Å². The number of nitrogens with zero attached hydrogens (tertiary/aromatic N) is 6. The lowest BCUT2D eigenvalue weighted by molar-refractivity contribution is -0.394. The van der Waals surface area contributed by atoms with Crippen molar-refractivity contribution in [2.24, 2.45) is 9.98 Å². The van der Waals surface area contributed by atoms with E-state index in [1.165, 1.54) is 26.0 Å². The topological polar surface area (TPSA) is 210 Å². The van der Waals surface area contributed by atoms with Crippen LogP contribution in [0.2, 0.25) is 0 Å². The Balaban J connectivity index is 1.95. The van der Waals surface area contributed by atoms with Crippen LogP contribution in [0.4, 0.5) is 34.1 Å². The maximum atomic E-state index is 11.1. The Labute approximate surface area is 194 Å². The van der Waals surface area contributed by atoms with E-state index >= 15 is 0 Å². The molecular weight excluding hydrogens is 468 g/mol. The molecule has 3 rings (SSSR count). The highest BCUT2D eigenvalue weighted by Crippen LogP contribution is 2.30. The predicted octanol–water partition coefficient (Wildman–Crippen LogP) is 5.19. The summed E-state index contributed by atoms with van der Waals surface area (Å²) in [6, 6.07) is 8.94. The van der Waals surface area contributed by atoms with Gasteiger partial charge in [-0.15, -0.1) is 0 Å². The summed E-state index contributed by atoms with van der Waals surface area (Å²) >= 11 is 0. The molecule has 0 atom stereocenters. The molecule has 178 valence electrons. The molecule has 35 heavy (non-hydrogen) atoms. The Bertz CT molecular complexity index is 1270. The minimum Gasteiger partial charge on any atom is -0.454 e. The van der Waals surface area contributed by atoms with Crippen LogP contribution in [-0.4, -0.2) is 31.1 Å². The summed E-state index contributed by atoms with van der Waals surface area (Å²) in [4.78, 5) is 49.5. The SMILES string of the molecule is CC(=Nc1cc([N+](=O)[O-])cc([N+](=O)[O-])c1)c1ccc(C(C)=Nc2cc([N+](=O)[O-])cc([N+](=O)[O-])c2)o1. The summed E-state index contributed by atoms with van der Waals surface area (Å²) in [6.07, 6.45) is 0. The summed E-state index contributed by atoms with van der Waals surface area (Å²) in [5, 5.41) is 44.2. The minimum absolute atomic E-state index is 0.0318. The molecule has 0 unspecified atom stereocenters. The summed E-state index contributed by atoms with van der Waals surface area (Å²) < 4.78 is 5.67. The third-order valence-electron chi connectivity index (χ3n) is 4.53. The predicted molar refractivity (Wildman–Crippen MR) is 122 cm³/mol. The van der Waals surface area contributed by atoms with E-state index in [4.69, 9.17) is 4.42 Å². The molecule has 15 nitrogen and oxygen atoms in total. The van der Waals surface area contributed by atoms with Gasteiger partial charge < -0.3 is 4.42 Å². The van der Waals surface area contributed by atoms with Crippen molar-refractivity contribution >= 4 is 45.5 Å². The zero-order valence-electron chi connectivity index (χ0n) is 18.0. The van der Waals surface area contributed by atoms with Crippen LogP contribution in [-0.2, 0) is 0 Å². The van der Waals surface area contributed by atoms with Gasteiger partial charge in [0.2, 0.25) is 0 Å². The Hall–Kier alpha value is -5.34. The van der Waals surface area contributed by atoms with Gasteiger partial charge in [-0.2, -0.15) is 0 Å². The molecule has 0 N–H and O–H groups in total. The van der Waals surface area contributed by atoms with Crippen molar-refractivity contribution in [3.8, 4) is 0 Å². The van der Waals surface area contributed by atoms with Crippen LogP contribution in [0.15, 0.2) is 62.9 Å². The molecule has 0 aliphatic heterocycles. The molecule has 0 bridgehead atoms. The maximum Gasteiger partial charge on any atom is 0.278 e. The lowest BCUT2D eigenvalue weighted by Gasteiger charge is -2.01. The van der Waals surface area contributed by atoms with Gasteiger partial charge in [-0.05, 0) is 26.0 Å². The monoisotopic (exact) mass is 482 g/mol. The van der Waals surface area contributed by atoms with E-state index in [0.29, 0.717) is 0 Å². The largest absolute Gasteiger partial charge is 0.454 e. The molecule has 0 spiro atoms. The molecule has 0 aliphatic rings. The number of nitro benzene ring substituents is 4. The lowest BCUT2D eigenvalue weighted by Crippen LogP contribution is -1.96. The van der Waals surface area contributed by atoms with Gasteiger partial charge in [0.05, 0.1) is 54.6 Å². The molecule has 0 aliphatic carbocycles. The van der Waals surface area contributed by atoms with Crippen molar-refractivity contribution in [3.05, 3.63) is 101 Å². The molecule has 15 heteroatoms. The van der Waals surface area contributed by atoms with E-state index in [1.807, 2.05) is 0 Å². The zero-order chi connectivity index (χ0) is 25.9. The number of furan rings is 1. The zero-order valence-corrected chi connectivity index (χ0v) is 18.0. The van der Waals surface area contributed by atoms with Crippen LogP contribution < -0.4 is 0 Å². The summed E-state index contributed by atoms with van der Waals surface area (Å²) in [6.45, 7) is 3.04. The normalized spacial score (nSPS) is 11.8. The van der Waals surface area contributed by atoms with Crippen LogP contribution in [0.1, 0.15) is 25.4 Å². The van der Waals surface area contributed by atoms with Crippen LogP contribution in [0.25, 0.3) is 0 Å². The van der Waals surface area contributed by atoms with E-state index in [0.717, 1.165) is 36.4 Å². The van der Waals surface area contributed by atoms with E-state index in [1.54, 1.807) is 0 Å². The Morgan fingerprint density at radius 3 is 1.14 bits per heavy atom. The highest BCUT2D eigenvalue weighted by Gasteiger charge is 2.18. The number of nitro groups is 4. The molecule has 0 radical (unpaired) electrons. The number of hydrogen-bond donors (Lipinski definition) is 0. The molecule has 0 amide bonds. The van der Waals surface area contributed by atoms with Gasteiger partial charge in [0.25, 0.3) is 22.7 Å². The first-order valence-corrected chi connectivity index (χ1v) is 9.53. The van der Waals surface area contributed by atoms with Gasteiger partial charge in [-0.1, -0.05) is 0 Å². The third kappa shape index (κ3) is 5.72. The molecular formula is C20H14N6O9. The van der Waals surface area contributed by atoms with E-state index in [9.17, 15) is 40.5 Å². The number of hydrogen-bond acceptors (Lipinski definition) is 11. The second-order valence-electron chi connectivity index (χ2n) is 7.00. The first-order valence-electron chi connectivity index (χ1n) is 9.53. The Kier molecular flexibility index (Phi) is 6.70. The van der Waals surface area contributed by atoms with Gasteiger partial charge in [-0.25, -0.2) is 9.98 Å². The number of benzene rings is 2. The molecule has 0 saturated heterocycles. The maximum absolute atomic E-state index is 11.1. The standard InChI is InChI=1S/C20H14N6O9/c1-11(21-13-5-15(23(27)28)9-16(6-13)24(29)30)19-3-4-20(35-19)12(2)22-14-7-17(25(31)32)10-18(8-14)26(33)34/h3-10H,1-2H3. The van der Waals surface area contributed by atoms with Gasteiger partial charge in [0.1, 0.15) is 11.5 Å². The summed E-state index contributed by atoms with van der Waals surface area (Å²) in [5.41, 5.74) is -1.58. The third-order valence-corrected chi connectivity index (χ3v) is 4.53. The fourth-order valence-electron chi connectivity index (χ4n) is 2.93. The molecule has 1 heterocycles. The number of aliphatic imine (C=N–C) groups is 2. The van der Waals surface area contributed by atoms with Crippen molar-refractivity contribution in [2.75, 3.05) is 0 Å². The molecule has 0 saturated carbocycles.